The summed E-state index contributed by atoms with van der Waals surface area (Å²) in [5, 5.41) is 10.1. The van der Waals surface area contributed by atoms with Gasteiger partial charge in [0.05, 0.1) is 11.6 Å². The van der Waals surface area contributed by atoms with Crippen molar-refractivity contribution in [2.45, 2.75) is 64.6 Å². The average molecular weight is 274 g/mol. The number of nitrogens with zero attached hydrogens (tertiary/aromatic N) is 2. The largest absolute Gasteiger partial charge is 0.266 e. The quantitative estimate of drug-likeness (QED) is 0.525. The number of pyridine rings is 1. The molecule has 1 aromatic heterocycles. The van der Waals surface area contributed by atoms with Crippen LogP contribution in [0.4, 0.5) is 0 Å². The summed E-state index contributed by atoms with van der Waals surface area (Å²) < 4.78 is 0. The van der Waals surface area contributed by atoms with Gasteiger partial charge >= 0.3 is 0 Å². The third-order valence-corrected chi connectivity index (χ3v) is 7.00. The van der Waals surface area contributed by atoms with E-state index in [4.69, 9.17) is 5.26 Å². The summed E-state index contributed by atoms with van der Waals surface area (Å²) in [6.45, 7) is 6.98. The molecule has 0 atom stereocenters. The zero-order valence-corrected chi connectivity index (χ0v) is 13.6. The molecule has 0 spiro atoms. The van der Waals surface area contributed by atoms with Crippen molar-refractivity contribution in [2.75, 3.05) is 0 Å². The molecule has 1 heterocycles. The van der Waals surface area contributed by atoms with Gasteiger partial charge in [-0.3, -0.25) is 4.98 Å². The predicted molar refractivity (Wildman–Crippen MR) is 84.3 cm³/mol. The molecular weight excluding hydrogens is 248 g/mol. The van der Waals surface area contributed by atoms with Gasteiger partial charge in [0, 0.05) is 11.5 Å². The first-order valence-electron chi connectivity index (χ1n) is 7.47. The lowest BCUT2D eigenvalue weighted by Crippen LogP contribution is -2.43. The molecular formula is C16H26N2Si. The smallest absolute Gasteiger partial charge is 0.104 e. The van der Waals surface area contributed by atoms with E-state index in [1.165, 1.54) is 49.9 Å². The zero-order chi connectivity index (χ0) is 14.1. The molecule has 0 radical (unpaired) electrons. The molecule has 104 valence electrons. The lowest BCUT2D eigenvalue weighted by atomic mass is 10.1. The molecule has 0 aliphatic rings. The number of rotatable bonds is 8. The van der Waals surface area contributed by atoms with Crippen molar-refractivity contribution in [1.82, 2.24) is 4.98 Å². The summed E-state index contributed by atoms with van der Waals surface area (Å²) in [6, 6.07) is 7.27. The Labute approximate surface area is 118 Å². The molecule has 3 heteroatoms. The predicted octanol–water partition coefficient (Wildman–Crippen LogP) is 4.23. The second-order valence-electron chi connectivity index (χ2n) is 5.94. The molecule has 0 amide bonds. The van der Waals surface area contributed by atoms with Gasteiger partial charge in [-0.05, 0) is 12.1 Å². The Kier molecular flexibility index (Phi) is 6.79. The van der Waals surface area contributed by atoms with Gasteiger partial charge in [0.2, 0.25) is 0 Å². The second-order valence-corrected chi connectivity index (χ2v) is 10.7. The van der Waals surface area contributed by atoms with Gasteiger partial charge in [-0.15, -0.1) is 0 Å². The summed E-state index contributed by atoms with van der Waals surface area (Å²) in [4.78, 5) is 4.50. The highest BCUT2D eigenvalue weighted by Gasteiger charge is 2.24. The molecule has 0 aliphatic heterocycles. The summed E-state index contributed by atoms with van der Waals surface area (Å²) in [7, 11) is -1.46. The van der Waals surface area contributed by atoms with Gasteiger partial charge < -0.3 is 0 Å². The first-order valence-corrected chi connectivity index (χ1v) is 10.7. The second kappa shape index (κ2) is 8.11. The minimum absolute atomic E-state index is 0.744. The molecule has 19 heavy (non-hydrogen) atoms. The number of hydrogen-bond acceptors (Lipinski definition) is 2. The molecule has 2 nitrogen and oxygen atoms in total. The monoisotopic (exact) mass is 274 g/mol. The Morgan fingerprint density at radius 3 is 2.53 bits per heavy atom. The summed E-state index contributed by atoms with van der Waals surface area (Å²) >= 11 is 0. The van der Waals surface area contributed by atoms with Crippen molar-refractivity contribution >= 4 is 13.4 Å². The summed E-state index contributed by atoms with van der Waals surface area (Å²) in [5.74, 6) is 0. The van der Waals surface area contributed by atoms with Crippen molar-refractivity contribution in [2.24, 2.45) is 0 Å². The van der Waals surface area contributed by atoms with Crippen LogP contribution in [0, 0.1) is 11.3 Å². The molecule has 0 fully saturated rings. The van der Waals surface area contributed by atoms with Gasteiger partial charge in [-0.1, -0.05) is 64.6 Å². The maximum atomic E-state index is 8.96. The summed E-state index contributed by atoms with van der Waals surface area (Å²) in [5.41, 5.74) is 0.744. The van der Waals surface area contributed by atoms with E-state index in [0.29, 0.717) is 0 Å². The highest BCUT2D eigenvalue weighted by molar-refractivity contribution is 6.89. The Balaban J connectivity index is 2.44. The van der Waals surface area contributed by atoms with Crippen LogP contribution in [0.25, 0.3) is 0 Å². The molecule has 0 saturated heterocycles. The van der Waals surface area contributed by atoms with Crippen molar-refractivity contribution in [3.05, 3.63) is 23.9 Å². The van der Waals surface area contributed by atoms with E-state index < -0.39 is 8.07 Å². The topological polar surface area (TPSA) is 36.7 Å². The highest BCUT2D eigenvalue weighted by Crippen LogP contribution is 2.16. The van der Waals surface area contributed by atoms with E-state index in [0.717, 1.165) is 5.56 Å². The molecule has 0 unspecified atom stereocenters. The van der Waals surface area contributed by atoms with Gasteiger partial charge in [0.1, 0.15) is 8.07 Å². The summed E-state index contributed by atoms with van der Waals surface area (Å²) in [6.07, 6.45) is 9.85. The van der Waals surface area contributed by atoms with Crippen LogP contribution in [0.15, 0.2) is 18.3 Å². The van der Waals surface area contributed by atoms with E-state index in [-0.39, 0.29) is 0 Å². The standard InChI is InChI=1S/C16H26N2Si/c1-4-5-6-7-8-9-12-19(2,3)16-13-15(14-17)10-11-18-16/h10-11,13H,4-9,12H2,1-3H3. The fourth-order valence-electron chi connectivity index (χ4n) is 2.35. The molecule has 0 N–H and O–H groups in total. The van der Waals surface area contributed by atoms with E-state index in [1.54, 1.807) is 12.3 Å². The average Bonchev–Trinajstić information content (AvgIpc) is 2.43. The lowest BCUT2D eigenvalue weighted by Gasteiger charge is -2.21. The molecule has 0 saturated carbocycles. The maximum Gasteiger partial charge on any atom is 0.104 e. The van der Waals surface area contributed by atoms with Crippen LogP contribution in [0.1, 0.15) is 51.0 Å². The Bertz CT molecular complexity index is 421. The van der Waals surface area contributed by atoms with Crippen LogP contribution in [0.5, 0.6) is 0 Å². The van der Waals surface area contributed by atoms with E-state index in [2.05, 4.69) is 31.1 Å². The molecule has 0 aromatic carbocycles. The van der Waals surface area contributed by atoms with Crippen molar-refractivity contribution < 1.29 is 0 Å². The van der Waals surface area contributed by atoms with E-state index in [1.807, 2.05) is 6.07 Å². The van der Waals surface area contributed by atoms with Crippen LogP contribution in [0.2, 0.25) is 19.1 Å². The molecule has 1 aromatic rings. The van der Waals surface area contributed by atoms with Gasteiger partial charge in [-0.25, -0.2) is 0 Å². The first-order chi connectivity index (χ1) is 9.10. The Morgan fingerprint density at radius 2 is 1.84 bits per heavy atom. The molecule has 0 aliphatic carbocycles. The number of aromatic nitrogens is 1. The first kappa shape index (κ1) is 15.9. The molecule has 1 rings (SSSR count). The van der Waals surface area contributed by atoms with E-state index in [9.17, 15) is 0 Å². The van der Waals surface area contributed by atoms with Crippen molar-refractivity contribution in [3.63, 3.8) is 0 Å². The van der Waals surface area contributed by atoms with Crippen LogP contribution in [-0.2, 0) is 0 Å². The Hall–Kier alpha value is -1.14. The highest BCUT2D eigenvalue weighted by atomic mass is 28.3. The maximum absolute atomic E-state index is 8.96. The lowest BCUT2D eigenvalue weighted by molar-refractivity contribution is 0.622. The van der Waals surface area contributed by atoms with Crippen LogP contribution in [-0.4, -0.2) is 13.1 Å². The zero-order valence-electron chi connectivity index (χ0n) is 12.6. The SMILES string of the molecule is CCCCCCCC[Si](C)(C)c1cc(C#N)ccn1. The van der Waals surface area contributed by atoms with Crippen LogP contribution >= 0.6 is 0 Å². The Morgan fingerprint density at radius 1 is 1.16 bits per heavy atom. The third-order valence-electron chi connectivity index (χ3n) is 3.74. The van der Waals surface area contributed by atoms with Gasteiger partial charge in [-0.2, -0.15) is 5.26 Å². The van der Waals surface area contributed by atoms with Crippen molar-refractivity contribution in [1.29, 1.82) is 5.26 Å². The van der Waals surface area contributed by atoms with Gasteiger partial charge in [0.15, 0.2) is 0 Å². The normalized spacial score (nSPS) is 11.3. The third kappa shape index (κ3) is 5.57. The van der Waals surface area contributed by atoms with E-state index >= 15 is 0 Å². The van der Waals surface area contributed by atoms with Crippen LogP contribution in [0.3, 0.4) is 0 Å². The fraction of sp³-hybridized carbons (Fsp3) is 0.625. The van der Waals surface area contributed by atoms with Crippen molar-refractivity contribution in [3.8, 4) is 6.07 Å². The van der Waals surface area contributed by atoms with Gasteiger partial charge in [0.25, 0.3) is 0 Å². The minimum atomic E-state index is -1.46. The fourth-order valence-corrected chi connectivity index (χ4v) is 4.71. The molecule has 0 bridgehead atoms. The van der Waals surface area contributed by atoms with Crippen LogP contribution < -0.4 is 5.32 Å². The number of unbranched alkanes of at least 4 members (excludes halogenated alkanes) is 5. The minimum Gasteiger partial charge on any atom is -0.266 e. The number of nitriles is 1. The number of hydrogen-bond donors (Lipinski definition) is 0.